The lowest BCUT2D eigenvalue weighted by atomic mass is 10.2. The standard InChI is InChI=1S/C12H17NO/c1-11-7-4-5-8-12(11)14-10-6-9-13(2)3/h1,4-5,7-8H,6,9-10H2,2-3H3. The van der Waals surface area contributed by atoms with E-state index in [1.807, 2.05) is 24.3 Å². The second-order valence-electron chi connectivity index (χ2n) is 3.54. The lowest BCUT2D eigenvalue weighted by Gasteiger charge is -2.11. The van der Waals surface area contributed by atoms with Gasteiger partial charge in [0, 0.05) is 13.5 Å². The molecular formula is C12H17NO. The van der Waals surface area contributed by atoms with E-state index in [2.05, 4.69) is 19.0 Å². The maximum atomic E-state index is 5.73. The minimum atomic E-state index is 0.706. The van der Waals surface area contributed by atoms with E-state index in [0.29, 0.717) is 12.2 Å². The summed E-state index contributed by atoms with van der Waals surface area (Å²) < 4.78 is 5.54. The Kier molecular flexibility index (Phi) is 4.47. The van der Waals surface area contributed by atoms with Gasteiger partial charge in [0.05, 0.1) is 6.61 Å². The summed E-state index contributed by atoms with van der Waals surface area (Å²) in [6, 6.07) is 7.58. The zero-order chi connectivity index (χ0) is 10.4. The van der Waals surface area contributed by atoms with Gasteiger partial charge in [-0.2, -0.15) is 0 Å². The van der Waals surface area contributed by atoms with Crippen LogP contribution < -0.4 is 4.74 Å². The van der Waals surface area contributed by atoms with Gasteiger partial charge in [-0.1, -0.05) is 18.2 Å². The van der Waals surface area contributed by atoms with Crippen LogP contribution in [-0.4, -0.2) is 32.1 Å². The first-order valence-electron chi connectivity index (χ1n) is 4.82. The van der Waals surface area contributed by atoms with Gasteiger partial charge >= 0.3 is 0 Å². The molecule has 0 saturated carbocycles. The quantitative estimate of drug-likeness (QED) is 0.661. The number of benzene rings is 1. The SMILES string of the molecule is [CH]c1ccccc1OCCCN(C)C. The highest BCUT2D eigenvalue weighted by atomic mass is 16.5. The first-order valence-corrected chi connectivity index (χ1v) is 4.82. The van der Waals surface area contributed by atoms with E-state index in [4.69, 9.17) is 11.7 Å². The smallest absolute Gasteiger partial charge is 0.122 e. The fourth-order valence-electron chi connectivity index (χ4n) is 1.17. The molecule has 0 atom stereocenters. The van der Waals surface area contributed by atoms with Crippen molar-refractivity contribution in [1.82, 2.24) is 4.90 Å². The molecule has 0 fully saturated rings. The van der Waals surface area contributed by atoms with Crippen LogP contribution in [0.2, 0.25) is 0 Å². The van der Waals surface area contributed by atoms with E-state index in [1.54, 1.807) is 0 Å². The van der Waals surface area contributed by atoms with E-state index in [0.717, 1.165) is 18.7 Å². The van der Waals surface area contributed by atoms with Crippen LogP contribution in [0, 0.1) is 6.92 Å². The van der Waals surface area contributed by atoms with Crippen LogP contribution in [0.15, 0.2) is 24.3 Å². The molecule has 0 heterocycles. The van der Waals surface area contributed by atoms with Gasteiger partial charge < -0.3 is 9.64 Å². The molecule has 14 heavy (non-hydrogen) atoms. The van der Waals surface area contributed by atoms with Crippen LogP contribution in [0.1, 0.15) is 12.0 Å². The molecule has 76 valence electrons. The van der Waals surface area contributed by atoms with Crippen LogP contribution in [0.5, 0.6) is 5.75 Å². The Hall–Kier alpha value is -1.02. The Labute approximate surface area is 86.5 Å². The fourth-order valence-corrected chi connectivity index (χ4v) is 1.17. The molecule has 1 aromatic carbocycles. The van der Waals surface area contributed by atoms with E-state index in [-0.39, 0.29) is 0 Å². The number of hydrogen-bond donors (Lipinski definition) is 0. The van der Waals surface area contributed by atoms with Crippen molar-refractivity contribution in [2.45, 2.75) is 6.42 Å². The first kappa shape index (κ1) is 11.1. The Bertz CT molecular complexity index is 271. The molecule has 2 heteroatoms. The number of rotatable bonds is 5. The maximum Gasteiger partial charge on any atom is 0.122 e. The van der Waals surface area contributed by atoms with Gasteiger partial charge in [-0.05, 0) is 32.1 Å². The van der Waals surface area contributed by atoms with Crippen molar-refractivity contribution in [3.63, 3.8) is 0 Å². The summed E-state index contributed by atoms with van der Waals surface area (Å²) in [5, 5.41) is 0. The van der Waals surface area contributed by atoms with Crippen molar-refractivity contribution >= 4 is 0 Å². The number of hydrogen-bond acceptors (Lipinski definition) is 2. The molecule has 0 aliphatic carbocycles. The Morgan fingerprint density at radius 3 is 2.64 bits per heavy atom. The summed E-state index contributed by atoms with van der Waals surface area (Å²) in [5.74, 6) is 0.784. The van der Waals surface area contributed by atoms with Crippen LogP contribution in [0.25, 0.3) is 0 Å². The van der Waals surface area contributed by atoms with Crippen molar-refractivity contribution in [3.05, 3.63) is 36.8 Å². The second-order valence-corrected chi connectivity index (χ2v) is 3.54. The molecule has 0 N–H and O–H groups in total. The monoisotopic (exact) mass is 191 g/mol. The molecule has 0 bridgehead atoms. The highest BCUT2D eigenvalue weighted by molar-refractivity contribution is 5.35. The highest BCUT2D eigenvalue weighted by Crippen LogP contribution is 2.15. The van der Waals surface area contributed by atoms with Gasteiger partial charge in [0.1, 0.15) is 5.75 Å². The third-order valence-corrected chi connectivity index (χ3v) is 1.93. The van der Waals surface area contributed by atoms with Gasteiger partial charge in [0.25, 0.3) is 0 Å². The van der Waals surface area contributed by atoms with Crippen molar-refractivity contribution < 1.29 is 4.74 Å². The van der Waals surface area contributed by atoms with Crippen molar-refractivity contribution in [3.8, 4) is 5.75 Å². The molecule has 2 radical (unpaired) electrons. The van der Waals surface area contributed by atoms with E-state index in [1.165, 1.54) is 0 Å². The minimum Gasteiger partial charge on any atom is -0.493 e. The molecule has 0 spiro atoms. The zero-order valence-electron chi connectivity index (χ0n) is 8.86. The molecule has 0 unspecified atom stereocenters. The summed E-state index contributed by atoms with van der Waals surface area (Å²) in [5.41, 5.74) is 0.706. The normalized spacial score (nSPS) is 10.6. The average molecular weight is 191 g/mol. The van der Waals surface area contributed by atoms with Crippen molar-refractivity contribution in [2.75, 3.05) is 27.2 Å². The molecule has 1 aromatic rings. The van der Waals surface area contributed by atoms with Gasteiger partial charge in [-0.15, -0.1) is 0 Å². The molecule has 0 aromatic heterocycles. The predicted molar refractivity (Wildman–Crippen MR) is 58.5 cm³/mol. The zero-order valence-corrected chi connectivity index (χ0v) is 8.86. The molecule has 1 rings (SSSR count). The Balaban J connectivity index is 2.28. The molecule has 0 saturated heterocycles. The fraction of sp³-hybridized carbons (Fsp3) is 0.417. The maximum absolute atomic E-state index is 5.73. The van der Waals surface area contributed by atoms with Crippen molar-refractivity contribution in [1.29, 1.82) is 0 Å². The van der Waals surface area contributed by atoms with Gasteiger partial charge in [-0.25, -0.2) is 0 Å². The molecular weight excluding hydrogens is 174 g/mol. The minimum absolute atomic E-state index is 0.706. The van der Waals surface area contributed by atoms with E-state index < -0.39 is 0 Å². The molecule has 0 aliphatic rings. The molecule has 2 nitrogen and oxygen atoms in total. The van der Waals surface area contributed by atoms with E-state index in [9.17, 15) is 0 Å². The first-order chi connectivity index (χ1) is 6.70. The molecule has 0 amide bonds. The third kappa shape index (κ3) is 3.79. The van der Waals surface area contributed by atoms with Gasteiger partial charge in [0.2, 0.25) is 0 Å². The number of para-hydroxylation sites is 1. The Morgan fingerprint density at radius 2 is 2.00 bits per heavy atom. The van der Waals surface area contributed by atoms with Gasteiger partial charge in [0.15, 0.2) is 0 Å². The highest BCUT2D eigenvalue weighted by Gasteiger charge is 1.97. The second kappa shape index (κ2) is 5.66. The average Bonchev–Trinajstić information content (AvgIpc) is 2.15. The van der Waals surface area contributed by atoms with Crippen LogP contribution in [0.4, 0.5) is 0 Å². The summed E-state index contributed by atoms with van der Waals surface area (Å²) >= 11 is 0. The third-order valence-electron chi connectivity index (χ3n) is 1.93. The topological polar surface area (TPSA) is 12.5 Å². The largest absolute Gasteiger partial charge is 0.493 e. The van der Waals surface area contributed by atoms with Crippen LogP contribution in [-0.2, 0) is 0 Å². The summed E-state index contributed by atoms with van der Waals surface area (Å²) in [6.07, 6.45) is 1.02. The predicted octanol–water partition coefficient (Wildman–Crippen LogP) is 2.08. The van der Waals surface area contributed by atoms with Crippen molar-refractivity contribution in [2.24, 2.45) is 0 Å². The number of ether oxygens (including phenoxy) is 1. The van der Waals surface area contributed by atoms with Crippen LogP contribution >= 0.6 is 0 Å². The lowest BCUT2D eigenvalue weighted by Crippen LogP contribution is -2.15. The summed E-state index contributed by atoms with van der Waals surface area (Å²) in [7, 11) is 4.10. The number of nitrogens with zero attached hydrogens (tertiary/aromatic N) is 1. The summed E-state index contributed by atoms with van der Waals surface area (Å²) in [6.45, 7) is 7.48. The van der Waals surface area contributed by atoms with E-state index >= 15 is 0 Å². The van der Waals surface area contributed by atoms with Gasteiger partial charge in [-0.3, -0.25) is 0 Å². The Morgan fingerprint density at radius 1 is 1.29 bits per heavy atom. The lowest BCUT2D eigenvalue weighted by molar-refractivity contribution is 0.281. The van der Waals surface area contributed by atoms with Crippen LogP contribution in [0.3, 0.4) is 0 Å². The molecule has 0 aliphatic heterocycles. The summed E-state index contributed by atoms with van der Waals surface area (Å²) in [4.78, 5) is 2.14.